The van der Waals surface area contributed by atoms with Crippen molar-refractivity contribution in [1.29, 1.82) is 0 Å². The lowest BCUT2D eigenvalue weighted by atomic mass is 10.2. The quantitative estimate of drug-likeness (QED) is 0.746. The molecule has 2 aromatic carbocycles. The van der Waals surface area contributed by atoms with Crippen LogP contribution in [0.3, 0.4) is 0 Å². The van der Waals surface area contributed by atoms with E-state index in [1.54, 1.807) is 23.9 Å². The van der Waals surface area contributed by atoms with Crippen molar-refractivity contribution in [2.24, 2.45) is 0 Å². The summed E-state index contributed by atoms with van der Waals surface area (Å²) in [5, 5.41) is 2.88. The average molecular weight is 407 g/mol. The molecule has 0 bridgehead atoms. The minimum atomic E-state index is -3.64. The van der Waals surface area contributed by atoms with Gasteiger partial charge < -0.3 is 10.1 Å². The van der Waals surface area contributed by atoms with Crippen LogP contribution in [0.4, 0.5) is 5.69 Å². The molecule has 0 aromatic heterocycles. The van der Waals surface area contributed by atoms with Crippen molar-refractivity contribution >= 4 is 33.4 Å². The first kappa shape index (κ1) is 19.9. The zero-order valence-corrected chi connectivity index (χ0v) is 16.7. The molecule has 0 aliphatic carbocycles. The molecule has 144 valence electrons. The molecule has 1 aliphatic heterocycles. The van der Waals surface area contributed by atoms with Crippen LogP contribution in [-0.2, 0) is 14.8 Å². The van der Waals surface area contributed by atoms with Crippen LogP contribution in [0.15, 0.2) is 58.3 Å². The number of benzene rings is 2. The van der Waals surface area contributed by atoms with Crippen LogP contribution >= 0.6 is 11.8 Å². The van der Waals surface area contributed by atoms with Gasteiger partial charge in [-0.15, -0.1) is 11.8 Å². The molecular formula is C19H22N2O4S2. The zero-order valence-electron chi connectivity index (χ0n) is 15.1. The topological polar surface area (TPSA) is 75.7 Å². The van der Waals surface area contributed by atoms with Crippen LogP contribution < -0.4 is 5.32 Å². The van der Waals surface area contributed by atoms with E-state index in [9.17, 15) is 13.2 Å². The second-order valence-corrected chi connectivity index (χ2v) is 9.17. The van der Waals surface area contributed by atoms with Gasteiger partial charge >= 0.3 is 0 Å². The first-order chi connectivity index (χ1) is 13.0. The van der Waals surface area contributed by atoms with Gasteiger partial charge in [0.05, 0.1) is 23.8 Å². The lowest BCUT2D eigenvalue weighted by molar-refractivity contribution is 0.0730. The summed E-state index contributed by atoms with van der Waals surface area (Å²) in [4.78, 5) is 13.8. The maximum absolute atomic E-state index is 12.8. The van der Waals surface area contributed by atoms with Gasteiger partial charge in [0, 0.05) is 23.5 Å². The number of sulfonamides is 1. The molecule has 1 aliphatic rings. The van der Waals surface area contributed by atoms with Crippen LogP contribution in [0.25, 0.3) is 0 Å². The molecule has 0 unspecified atom stereocenters. The highest BCUT2D eigenvalue weighted by atomic mass is 32.2. The summed E-state index contributed by atoms with van der Waals surface area (Å²) in [5.41, 5.74) is 1.02. The molecule has 6 nitrogen and oxygen atoms in total. The zero-order chi connectivity index (χ0) is 19.3. The van der Waals surface area contributed by atoms with E-state index < -0.39 is 10.0 Å². The van der Waals surface area contributed by atoms with Crippen molar-refractivity contribution in [2.75, 3.05) is 37.4 Å². The molecule has 0 radical (unpaired) electrons. The van der Waals surface area contributed by atoms with Gasteiger partial charge in [0.2, 0.25) is 10.0 Å². The smallest absolute Gasteiger partial charge is 0.255 e. The second-order valence-electron chi connectivity index (χ2n) is 5.93. The molecule has 1 amide bonds. The number of nitrogens with zero attached hydrogens (tertiary/aromatic N) is 1. The molecule has 0 saturated carbocycles. The minimum absolute atomic E-state index is 0.119. The predicted octanol–water partition coefficient (Wildman–Crippen LogP) is 3.07. The van der Waals surface area contributed by atoms with Crippen molar-refractivity contribution < 1.29 is 17.9 Å². The Balaban J connectivity index is 1.82. The molecule has 0 spiro atoms. The third-order valence-electron chi connectivity index (χ3n) is 4.14. The number of hydrogen-bond acceptors (Lipinski definition) is 5. The highest BCUT2D eigenvalue weighted by Crippen LogP contribution is 2.27. The monoisotopic (exact) mass is 406 g/mol. The molecule has 1 saturated heterocycles. The van der Waals surface area contributed by atoms with Gasteiger partial charge in [0.15, 0.2) is 0 Å². The van der Waals surface area contributed by atoms with Crippen LogP contribution in [0, 0.1) is 0 Å². The maximum Gasteiger partial charge on any atom is 0.255 e. The van der Waals surface area contributed by atoms with Crippen molar-refractivity contribution in [1.82, 2.24) is 4.31 Å². The Morgan fingerprint density at radius 3 is 2.63 bits per heavy atom. The van der Waals surface area contributed by atoms with E-state index in [0.717, 1.165) is 16.3 Å². The fraction of sp³-hybridized carbons (Fsp3) is 0.316. The van der Waals surface area contributed by atoms with E-state index in [2.05, 4.69) is 5.32 Å². The third-order valence-corrected chi connectivity index (χ3v) is 6.99. The fourth-order valence-corrected chi connectivity index (χ4v) is 4.99. The van der Waals surface area contributed by atoms with E-state index >= 15 is 0 Å². The summed E-state index contributed by atoms with van der Waals surface area (Å²) < 4.78 is 32.2. The Hall–Kier alpha value is -1.87. The number of nitrogens with one attached hydrogen (secondary N) is 1. The number of carbonyl (C=O) groups excluding carboxylic acids is 1. The summed E-state index contributed by atoms with van der Waals surface area (Å²) in [5.74, 6) is 0.554. The standard InChI is InChI=1S/C19H22N2O4S2/c1-2-26-18-9-4-3-8-17(18)20-19(22)15-6-5-7-16(14-15)27(23,24)21-10-12-25-13-11-21/h3-9,14H,2,10-13H2,1H3,(H,20,22). The Bertz CT molecular complexity index is 909. The highest BCUT2D eigenvalue weighted by molar-refractivity contribution is 7.99. The van der Waals surface area contributed by atoms with Crippen molar-refractivity contribution in [3.05, 3.63) is 54.1 Å². The van der Waals surface area contributed by atoms with Crippen LogP contribution in [0.5, 0.6) is 0 Å². The fourth-order valence-electron chi connectivity index (χ4n) is 2.78. The number of ether oxygens (including phenoxy) is 1. The second kappa shape index (κ2) is 8.88. The van der Waals surface area contributed by atoms with Crippen molar-refractivity contribution in [2.45, 2.75) is 16.7 Å². The summed E-state index contributed by atoms with van der Waals surface area (Å²) in [6.07, 6.45) is 0. The SMILES string of the molecule is CCSc1ccccc1NC(=O)c1cccc(S(=O)(=O)N2CCOCC2)c1. The van der Waals surface area contributed by atoms with Crippen molar-refractivity contribution in [3.63, 3.8) is 0 Å². The molecule has 3 rings (SSSR count). The maximum atomic E-state index is 12.8. The third kappa shape index (κ3) is 4.70. The Morgan fingerprint density at radius 2 is 1.89 bits per heavy atom. The number of amides is 1. The Labute approximate surface area is 164 Å². The number of para-hydroxylation sites is 1. The van der Waals surface area contributed by atoms with Crippen LogP contribution in [0.1, 0.15) is 17.3 Å². The molecule has 0 atom stereocenters. The Morgan fingerprint density at radius 1 is 1.15 bits per heavy atom. The number of morpholine rings is 1. The van der Waals surface area contributed by atoms with Gasteiger partial charge in [0.1, 0.15) is 0 Å². The molecule has 27 heavy (non-hydrogen) atoms. The van der Waals surface area contributed by atoms with Gasteiger partial charge in [0.25, 0.3) is 5.91 Å². The number of thioether (sulfide) groups is 1. The van der Waals surface area contributed by atoms with E-state index in [4.69, 9.17) is 4.74 Å². The van der Waals surface area contributed by atoms with Gasteiger partial charge in [-0.25, -0.2) is 8.42 Å². The van der Waals surface area contributed by atoms with E-state index in [0.29, 0.717) is 31.9 Å². The van der Waals surface area contributed by atoms with E-state index in [-0.39, 0.29) is 10.8 Å². The number of hydrogen-bond donors (Lipinski definition) is 1. The first-order valence-electron chi connectivity index (χ1n) is 8.73. The van der Waals surface area contributed by atoms with Gasteiger partial charge in [-0.2, -0.15) is 4.31 Å². The normalized spacial score (nSPS) is 15.4. The Kier molecular flexibility index (Phi) is 6.54. The van der Waals surface area contributed by atoms with Gasteiger partial charge in [-0.3, -0.25) is 4.79 Å². The molecule has 8 heteroatoms. The minimum Gasteiger partial charge on any atom is -0.379 e. The lowest BCUT2D eigenvalue weighted by Gasteiger charge is -2.26. The molecular weight excluding hydrogens is 384 g/mol. The molecule has 1 N–H and O–H groups in total. The summed E-state index contributed by atoms with van der Waals surface area (Å²) in [6.45, 7) is 3.44. The van der Waals surface area contributed by atoms with Crippen LogP contribution in [0.2, 0.25) is 0 Å². The number of anilines is 1. The summed E-state index contributed by atoms with van der Waals surface area (Å²) in [7, 11) is -3.64. The number of rotatable bonds is 6. The molecule has 1 heterocycles. The summed E-state index contributed by atoms with van der Waals surface area (Å²) in [6, 6.07) is 13.7. The first-order valence-corrected chi connectivity index (χ1v) is 11.2. The summed E-state index contributed by atoms with van der Waals surface area (Å²) >= 11 is 1.64. The van der Waals surface area contributed by atoms with Crippen molar-refractivity contribution in [3.8, 4) is 0 Å². The number of carbonyl (C=O) groups is 1. The predicted molar refractivity (Wildman–Crippen MR) is 107 cm³/mol. The average Bonchev–Trinajstić information content (AvgIpc) is 2.70. The van der Waals surface area contributed by atoms with Gasteiger partial charge in [-0.1, -0.05) is 25.1 Å². The largest absolute Gasteiger partial charge is 0.379 e. The lowest BCUT2D eigenvalue weighted by Crippen LogP contribution is -2.40. The molecule has 2 aromatic rings. The van der Waals surface area contributed by atoms with Gasteiger partial charge in [-0.05, 0) is 36.1 Å². The highest BCUT2D eigenvalue weighted by Gasteiger charge is 2.26. The van der Waals surface area contributed by atoms with E-state index in [1.807, 2.05) is 31.2 Å². The molecule has 1 fully saturated rings. The van der Waals surface area contributed by atoms with E-state index in [1.165, 1.54) is 16.4 Å². The van der Waals surface area contributed by atoms with Crippen LogP contribution in [-0.4, -0.2) is 50.7 Å².